The van der Waals surface area contributed by atoms with Gasteiger partial charge < -0.3 is 9.26 Å². The second-order valence-corrected chi connectivity index (χ2v) is 2.69. The Morgan fingerprint density at radius 1 is 1.78 bits per heavy atom. The molecule has 0 radical (unpaired) electrons. The molecular formula is C5H4BrNO2. The Kier molecular flexibility index (Phi) is 1.10. The number of hydrogen-bond donors (Lipinski definition) is 0. The van der Waals surface area contributed by atoms with E-state index in [0.29, 0.717) is 0 Å². The molecule has 9 heavy (non-hydrogen) atoms. The smallest absolute Gasteiger partial charge is 0.169 e. The van der Waals surface area contributed by atoms with Crippen molar-refractivity contribution in [2.24, 2.45) is 0 Å². The van der Waals surface area contributed by atoms with Gasteiger partial charge in [-0.15, -0.1) is 0 Å². The van der Waals surface area contributed by atoms with Crippen molar-refractivity contribution in [2.75, 3.05) is 6.61 Å². The first kappa shape index (κ1) is 5.44. The second-order valence-electron chi connectivity index (χ2n) is 1.87. The summed E-state index contributed by atoms with van der Waals surface area (Å²) >= 11 is 3.17. The minimum Gasteiger partial charge on any atom is -0.365 e. The van der Waals surface area contributed by atoms with Crippen LogP contribution in [0.15, 0.2) is 15.2 Å². The summed E-state index contributed by atoms with van der Waals surface area (Å²) in [6.07, 6.45) is 0.170. The highest BCUT2D eigenvalue weighted by Crippen LogP contribution is 2.30. The molecule has 1 aliphatic rings. The molecule has 1 aliphatic heterocycles. The van der Waals surface area contributed by atoms with E-state index in [1.165, 1.54) is 0 Å². The highest BCUT2D eigenvalue weighted by atomic mass is 79.9. The van der Waals surface area contributed by atoms with Crippen LogP contribution in [-0.2, 0) is 4.74 Å². The van der Waals surface area contributed by atoms with Crippen molar-refractivity contribution in [3.05, 3.63) is 16.4 Å². The van der Waals surface area contributed by atoms with Crippen LogP contribution in [0, 0.1) is 0 Å². The molecule has 1 aromatic heterocycles. The van der Waals surface area contributed by atoms with Gasteiger partial charge in [-0.1, -0.05) is 5.16 Å². The number of rotatable bonds is 1. The van der Waals surface area contributed by atoms with Crippen molar-refractivity contribution in [3.63, 3.8) is 0 Å². The monoisotopic (exact) mass is 189 g/mol. The molecule has 2 heterocycles. The van der Waals surface area contributed by atoms with Crippen LogP contribution in [0.5, 0.6) is 0 Å². The maximum Gasteiger partial charge on any atom is 0.169 e. The number of ether oxygens (including phenoxy) is 1. The summed E-state index contributed by atoms with van der Waals surface area (Å²) in [4.78, 5) is 0. The first-order valence-electron chi connectivity index (χ1n) is 2.60. The number of epoxide rings is 1. The van der Waals surface area contributed by atoms with Gasteiger partial charge in [0.05, 0.1) is 6.61 Å². The van der Waals surface area contributed by atoms with Gasteiger partial charge in [0.15, 0.2) is 5.76 Å². The van der Waals surface area contributed by atoms with Crippen molar-refractivity contribution < 1.29 is 9.26 Å². The molecule has 1 saturated heterocycles. The highest BCUT2D eigenvalue weighted by Gasteiger charge is 2.28. The Labute approximate surface area is 60.1 Å². The molecule has 1 aromatic rings. The van der Waals surface area contributed by atoms with Crippen molar-refractivity contribution in [1.82, 2.24) is 5.16 Å². The maximum atomic E-state index is 4.95. The lowest BCUT2D eigenvalue weighted by Gasteiger charge is -1.76. The van der Waals surface area contributed by atoms with E-state index in [2.05, 4.69) is 21.1 Å². The van der Waals surface area contributed by atoms with Gasteiger partial charge in [-0.05, 0) is 15.9 Å². The molecule has 0 bridgehead atoms. The summed E-state index contributed by atoms with van der Waals surface area (Å²) in [6, 6.07) is 1.82. The van der Waals surface area contributed by atoms with E-state index >= 15 is 0 Å². The topological polar surface area (TPSA) is 38.6 Å². The van der Waals surface area contributed by atoms with E-state index in [9.17, 15) is 0 Å². The molecule has 48 valence electrons. The standard InChI is InChI=1S/C5H4BrNO2/c6-5-1-3(9-7-5)4-2-8-4/h1,4H,2H2/t4-/m0/s1. The number of hydrogen-bond acceptors (Lipinski definition) is 3. The molecule has 3 nitrogen and oxygen atoms in total. The minimum atomic E-state index is 0.170. The molecule has 0 aliphatic carbocycles. The largest absolute Gasteiger partial charge is 0.365 e. The van der Waals surface area contributed by atoms with Gasteiger partial charge in [0.1, 0.15) is 10.7 Å². The molecular weight excluding hydrogens is 186 g/mol. The molecule has 0 saturated carbocycles. The van der Waals surface area contributed by atoms with Gasteiger partial charge in [-0.3, -0.25) is 0 Å². The average molecular weight is 190 g/mol. The summed E-state index contributed by atoms with van der Waals surface area (Å²) in [5, 5.41) is 3.64. The predicted octanol–water partition coefficient (Wildman–Crippen LogP) is 1.51. The van der Waals surface area contributed by atoms with Crippen LogP contribution in [0.2, 0.25) is 0 Å². The van der Waals surface area contributed by atoms with E-state index in [0.717, 1.165) is 17.0 Å². The van der Waals surface area contributed by atoms with Crippen LogP contribution >= 0.6 is 15.9 Å². The van der Waals surface area contributed by atoms with E-state index in [1.54, 1.807) is 0 Å². The minimum absolute atomic E-state index is 0.170. The lowest BCUT2D eigenvalue weighted by molar-refractivity contribution is 0.324. The second kappa shape index (κ2) is 1.82. The van der Waals surface area contributed by atoms with Crippen LogP contribution in [0.3, 0.4) is 0 Å². The van der Waals surface area contributed by atoms with Gasteiger partial charge in [0.25, 0.3) is 0 Å². The van der Waals surface area contributed by atoms with Crippen molar-refractivity contribution in [1.29, 1.82) is 0 Å². The van der Waals surface area contributed by atoms with Gasteiger partial charge >= 0.3 is 0 Å². The Balaban J connectivity index is 2.28. The predicted molar refractivity (Wildman–Crippen MR) is 32.9 cm³/mol. The highest BCUT2D eigenvalue weighted by molar-refractivity contribution is 9.10. The fraction of sp³-hybridized carbons (Fsp3) is 0.400. The fourth-order valence-electron chi connectivity index (χ4n) is 0.631. The Morgan fingerprint density at radius 3 is 3.00 bits per heavy atom. The molecule has 0 amide bonds. The van der Waals surface area contributed by atoms with Crippen LogP contribution in [0.4, 0.5) is 0 Å². The van der Waals surface area contributed by atoms with E-state index in [4.69, 9.17) is 9.26 Å². The van der Waals surface area contributed by atoms with Gasteiger partial charge in [0.2, 0.25) is 0 Å². The van der Waals surface area contributed by atoms with Gasteiger partial charge in [0, 0.05) is 6.07 Å². The zero-order chi connectivity index (χ0) is 6.27. The SMILES string of the molecule is Brc1cc([C@@H]2CO2)on1. The quantitative estimate of drug-likeness (QED) is 0.630. The Hall–Kier alpha value is -0.350. The Bertz CT molecular complexity index is 218. The van der Waals surface area contributed by atoms with E-state index in [-0.39, 0.29) is 6.10 Å². The normalized spacial score (nSPS) is 24.3. The zero-order valence-corrected chi connectivity index (χ0v) is 6.09. The zero-order valence-electron chi connectivity index (χ0n) is 4.50. The van der Waals surface area contributed by atoms with E-state index in [1.807, 2.05) is 6.07 Å². The summed E-state index contributed by atoms with van der Waals surface area (Å²) in [6.45, 7) is 0.766. The van der Waals surface area contributed by atoms with Crippen molar-refractivity contribution in [2.45, 2.75) is 6.10 Å². The summed E-state index contributed by atoms with van der Waals surface area (Å²) in [5.41, 5.74) is 0. The van der Waals surface area contributed by atoms with Gasteiger partial charge in [-0.2, -0.15) is 0 Å². The lowest BCUT2D eigenvalue weighted by atomic mass is 10.4. The molecule has 4 heteroatoms. The molecule has 1 fully saturated rings. The third-order valence-corrected chi connectivity index (χ3v) is 1.52. The van der Waals surface area contributed by atoms with Crippen LogP contribution in [0.1, 0.15) is 11.9 Å². The summed E-state index contributed by atoms with van der Waals surface area (Å²) < 4.78 is 10.5. The first-order chi connectivity index (χ1) is 4.36. The number of nitrogens with zero attached hydrogens (tertiary/aromatic N) is 1. The molecule has 0 N–H and O–H groups in total. The van der Waals surface area contributed by atoms with Crippen molar-refractivity contribution in [3.8, 4) is 0 Å². The summed E-state index contributed by atoms with van der Waals surface area (Å²) in [5.74, 6) is 0.807. The van der Waals surface area contributed by atoms with E-state index < -0.39 is 0 Å². The van der Waals surface area contributed by atoms with Crippen molar-refractivity contribution >= 4 is 15.9 Å². The van der Waals surface area contributed by atoms with Crippen LogP contribution < -0.4 is 0 Å². The number of aromatic nitrogens is 1. The first-order valence-corrected chi connectivity index (χ1v) is 3.39. The van der Waals surface area contributed by atoms with Crippen LogP contribution in [-0.4, -0.2) is 11.8 Å². The molecule has 0 unspecified atom stereocenters. The Morgan fingerprint density at radius 2 is 2.56 bits per heavy atom. The van der Waals surface area contributed by atoms with Gasteiger partial charge in [-0.25, -0.2) is 0 Å². The molecule has 0 aromatic carbocycles. The fourth-order valence-corrected chi connectivity index (χ4v) is 0.929. The molecule has 1 atom stereocenters. The third kappa shape index (κ3) is 0.997. The maximum absolute atomic E-state index is 4.95. The third-order valence-electron chi connectivity index (χ3n) is 1.15. The molecule has 2 rings (SSSR count). The summed E-state index contributed by atoms with van der Waals surface area (Å²) in [7, 11) is 0. The molecule has 0 spiro atoms. The van der Waals surface area contributed by atoms with Crippen LogP contribution in [0.25, 0.3) is 0 Å². The lowest BCUT2D eigenvalue weighted by Crippen LogP contribution is -1.69. The number of halogens is 1. The average Bonchev–Trinajstić information content (AvgIpc) is 2.58.